The van der Waals surface area contributed by atoms with Gasteiger partial charge in [0.2, 0.25) is 10.0 Å². The van der Waals surface area contributed by atoms with E-state index in [0.29, 0.717) is 6.54 Å². The lowest BCUT2D eigenvalue weighted by Gasteiger charge is -2.34. The highest BCUT2D eigenvalue weighted by Crippen LogP contribution is 2.28. The lowest BCUT2D eigenvalue weighted by molar-refractivity contribution is 0.168. The summed E-state index contributed by atoms with van der Waals surface area (Å²) in [4.78, 5) is 2.38. The molecule has 1 aliphatic carbocycles. The van der Waals surface area contributed by atoms with Crippen molar-refractivity contribution in [1.29, 1.82) is 0 Å². The molecule has 1 atom stereocenters. The van der Waals surface area contributed by atoms with Crippen molar-refractivity contribution in [2.24, 2.45) is 0 Å². The van der Waals surface area contributed by atoms with E-state index in [1.54, 1.807) is 6.20 Å². The van der Waals surface area contributed by atoms with Crippen LogP contribution in [-0.4, -0.2) is 41.4 Å². The van der Waals surface area contributed by atoms with Crippen molar-refractivity contribution in [3.63, 3.8) is 0 Å². The SMILES string of the molecule is Cc1cc(C)cc(CN2Cc3ccnn3[C@@H](CNS(=O)(=O)C3CC3)C2)c1. The van der Waals surface area contributed by atoms with Crippen LogP contribution in [-0.2, 0) is 23.1 Å². The van der Waals surface area contributed by atoms with Crippen LogP contribution in [0.25, 0.3) is 0 Å². The number of hydrogen-bond acceptors (Lipinski definition) is 4. The first kappa shape index (κ1) is 17.7. The summed E-state index contributed by atoms with van der Waals surface area (Å²) in [5.41, 5.74) is 4.98. The van der Waals surface area contributed by atoms with E-state index in [2.05, 4.69) is 46.8 Å². The van der Waals surface area contributed by atoms with Crippen molar-refractivity contribution in [2.45, 2.75) is 51.1 Å². The Hall–Kier alpha value is -1.70. The predicted molar refractivity (Wildman–Crippen MR) is 101 cm³/mol. The largest absolute Gasteiger partial charge is 0.291 e. The Balaban J connectivity index is 1.48. The summed E-state index contributed by atoms with van der Waals surface area (Å²) in [5, 5.41) is 4.24. The fourth-order valence-corrected chi connectivity index (χ4v) is 5.28. The number of hydrogen-bond donors (Lipinski definition) is 1. The maximum atomic E-state index is 12.2. The number of nitrogens with zero attached hydrogens (tertiary/aromatic N) is 3. The molecule has 1 saturated carbocycles. The highest BCUT2D eigenvalue weighted by Gasteiger charge is 2.36. The van der Waals surface area contributed by atoms with E-state index in [9.17, 15) is 8.42 Å². The maximum Gasteiger partial charge on any atom is 0.214 e. The second-order valence-electron chi connectivity index (χ2n) is 7.68. The van der Waals surface area contributed by atoms with Crippen LogP contribution >= 0.6 is 0 Å². The summed E-state index contributed by atoms with van der Waals surface area (Å²) in [6.45, 7) is 7.12. The van der Waals surface area contributed by atoms with Crippen LogP contribution in [0, 0.1) is 13.8 Å². The van der Waals surface area contributed by atoms with Gasteiger partial charge in [-0.3, -0.25) is 9.58 Å². The quantitative estimate of drug-likeness (QED) is 0.841. The lowest BCUT2D eigenvalue weighted by atomic mass is 10.1. The van der Waals surface area contributed by atoms with Gasteiger partial charge in [-0.05, 0) is 38.3 Å². The minimum Gasteiger partial charge on any atom is -0.291 e. The van der Waals surface area contributed by atoms with Crippen molar-refractivity contribution in [1.82, 2.24) is 19.4 Å². The summed E-state index contributed by atoms with van der Waals surface area (Å²) < 4.78 is 29.1. The molecular formula is C19H26N4O2S. The molecule has 0 bridgehead atoms. The molecular weight excluding hydrogens is 348 g/mol. The van der Waals surface area contributed by atoms with Crippen LogP contribution in [0.1, 0.15) is 41.3 Å². The Kier molecular flexibility index (Phi) is 4.62. The standard InChI is InChI=1S/C19H26N4O2S/c1-14-7-15(2)9-16(8-14)11-22-12-17-5-6-20-23(17)18(13-22)10-21-26(24,25)19-3-4-19/h5-9,18-19,21H,3-4,10-13H2,1-2H3/t18-/m0/s1. The van der Waals surface area contributed by atoms with Gasteiger partial charge >= 0.3 is 0 Å². The lowest BCUT2D eigenvalue weighted by Crippen LogP contribution is -2.43. The highest BCUT2D eigenvalue weighted by atomic mass is 32.2. The molecule has 140 valence electrons. The number of sulfonamides is 1. The van der Waals surface area contributed by atoms with Crippen molar-refractivity contribution < 1.29 is 8.42 Å². The van der Waals surface area contributed by atoms with E-state index in [-0.39, 0.29) is 11.3 Å². The predicted octanol–water partition coefficient (Wildman–Crippen LogP) is 2.14. The first-order valence-electron chi connectivity index (χ1n) is 9.21. The van der Waals surface area contributed by atoms with E-state index >= 15 is 0 Å². The van der Waals surface area contributed by atoms with Gasteiger partial charge in [0.1, 0.15) is 0 Å². The van der Waals surface area contributed by atoms with Gasteiger partial charge in [-0.25, -0.2) is 13.1 Å². The molecule has 6 nitrogen and oxygen atoms in total. The highest BCUT2D eigenvalue weighted by molar-refractivity contribution is 7.90. The summed E-state index contributed by atoms with van der Waals surface area (Å²) in [6.07, 6.45) is 3.37. The molecule has 1 aliphatic heterocycles. The Morgan fingerprint density at radius 1 is 1.19 bits per heavy atom. The molecule has 1 aromatic carbocycles. The molecule has 0 radical (unpaired) electrons. The van der Waals surface area contributed by atoms with Gasteiger partial charge in [-0.2, -0.15) is 5.10 Å². The Morgan fingerprint density at radius 2 is 1.92 bits per heavy atom. The van der Waals surface area contributed by atoms with Crippen molar-refractivity contribution in [2.75, 3.05) is 13.1 Å². The maximum absolute atomic E-state index is 12.2. The fourth-order valence-electron chi connectivity index (χ4n) is 3.86. The smallest absolute Gasteiger partial charge is 0.214 e. The fraction of sp³-hybridized carbons (Fsp3) is 0.526. The van der Waals surface area contributed by atoms with E-state index < -0.39 is 10.0 Å². The molecule has 0 amide bonds. The van der Waals surface area contributed by atoms with Gasteiger partial charge in [0, 0.05) is 32.4 Å². The van der Waals surface area contributed by atoms with Gasteiger partial charge in [0.25, 0.3) is 0 Å². The third-order valence-electron chi connectivity index (χ3n) is 5.12. The molecule has 1 aromatic heterocycles. The van der Waals surface area contributed by atoms with Crippen LogP contribution in [0.3, 0.4) is 0 Å². The molecule has 0 saturated heterocycles. The second-order valence-corrected chi connectivity index (χ2v) is 9.72. The van der Waals surface area contributed by atoms with Gasteiger partial charge in [-0.1, -0.05) is 29.3 Å². The molecule has 7 heteroatoms. The molecule has 1 fully saturated rings. The van der Waals surface area contributed by atoms with E-state index in [0.717, 1.165) is 38.2 Å². The van der Waals surface area contributed by atoms with Crippen LogP contribution in [0.2, 0.25) is 0 Å². The summed E-state index contributed by atoms with van der Waals surface area (Å²) in [7, 11) is -3.17. The number of aryl methyl sites for hydroxylation is 2. The van der Waals surface area contributed by atoms with Crippen LogP contribution in [0.4, 0.5) is 0 Å². The monoisotopic (exact) mass is 374 g/mol. The van der Waals surface area contributed by atoms with Gasteiger partial charge in [0.15, 0.2) is 0 Å². The molecule has 4 rings (SSSR count). The average molecular weight is 375 g/mol. The zero-order chi connectivity index (χ0) is 18.3. The summed E-state index contributed by atoms with van der Waals surface area (Å²) in [5.74, 6) is 0. The van der Waals surface area contributed by atoms with Gasteiger partial charge in [-0.15, -0.1) is 0 Å². The normalized spacial score (nSPS) is 20.9. The van der Waals surface area contributed by atoms with Gasteiger partial charge < -0.3 is 0 Å². The molecule has 2 aliphatic rings. The minimum atomic E-state index is -3.17. The van der Waals surface area contributed by atoms with E-state index in [1.807, 2.05) is 10.7 Å². The average Bonchev–Trinajstić information content (AvgIpc) is 3.32. The van der Waals surface area contributed by atoms with Crippen LogP contribution in [0.15, 0.2) is 30.5 Å². The first-order chi connectivity index (χ1) is 12.4. The van der Waals surface area contributed by atoms with Crippen molar-refractivity contribution >= 4 is 10.0 Å². The zero-order valence-electron chi connectivity index (χ0n) is 15.4. The minimum absolute atomic E-state index is 0.0215. The Bertz CT molecular complexity index is 882. The molecule has 26 heavy (non-hydrogen) atoms. The summed E-state index contributed by atoms with van der Waals surface area (Å²) >= 11 is 0. The van der Waals surface area contributed by atoms with Crippen LogP contribution < -0.4 is 4.72 Å². The van der Waals surface area contributed by atoms with Crippen LogP contribution in [0.5, 0.6) is 0 Å². The first-order valence-corrected chi connectivity index (χ1v) is 10.8. The topological polar surface area (TPSA) is 67.2 Å². The van der Waals surface area contributed by atoms with Crippen molar-refractivity contribution in [3.8, 4) is 0 Å². The van der Waals surface area contributed by atoms with E-state index in [1.165, 1.54) is 16.7 Å². The zero-order valence-corrected chi connectivity index (χ0v) is 16.2. The third-order valence-corrected chi connectivity index (χ3v) is 7.04. The molecule has 2 aromatic rings. The summed E-state index contributed by atoms with van der Waals surface area (Å²) in [6, 6.07) is 8.68. The van der Waals surface area contributed by atoms with Gasteiger partial charge in [0.05, 0.1) is 17.0 Å². The van der Waals surface area contributed by atoms with E-state index in [4.69, 9.17) is 0 Å². The molecule has 2 heterocycles. The number of benzene rings is 1. The molecule has 0 spiro atoms. The number of nitrogens with one attached hydrogen (secondary N) is 1. The number of fused-ring (bicyclic) bond motifs is 1. The third kappa shape index (κ3) is 3.84. The molecule has 0 unspecified atom stereocenters. The molecule has 1 N–H and O–H groups in total. The number of rotatable bonds is 6. The Morgan fingerprint density at radius 3 is 2.62 bits per heavy atom. The van der Waals surface area contributed by atoms with Crippen molar-refractivity contribution in [3.05, 3.63) is 52.8 Å². The Labute approximate surface area is 155 Å². The second kappa shape index (κ2) is 6.79. The number of aromatic nitrogens is 2.